The number of allylic oxidation sites excluding steroid dienone is 1. The Labute approximate surface area is 172 Å². The minimum atomic E-state index is -1.18. The van der Waals surface area contributed by atoms with Crippen LogP contribution in [-0.4, -0.2) is 34.7 Å². The molecule has 148 valence electrons. The molecule has 2 aromatic heterocycles. The number of dihydropyridines is 1. The van der Waals surface area contributed by atoms with Crippen LogP contribution in [0.1, 0.15) is 25.3 Å². The number of rotatable bonds is 5. The molecule has 0 spiro atoms. The van der Waals surface area contributed by atoms with Gasteiger partial charge in [0.05, 0.1) is 34.9 Å². The molecule has 1 aliphatic carbocycles. The third-order valence-corrected chi connectivity index (χ3v) is 6.28. The van der Waals surface area contributed by atoms with Crippen LogP contribution in [0.25, 0.3) is 21.8 Å². The van der Waals surface area contributed by atoms with Gasteiger partial charge in [0.25, 0.3) is 0 Å². The number of hydrogen-bond donors (Lipinski definition) is 2. The number of pyridine rings is 1. The maximum absolute atomic E-state index is 12.9. The first-order valence-corrected chi connectivity index (χ1v) is 10.1. The van der Waals surface area contributed by atoms with E-state index in [1.807, 2.05) is 25.1 Å². The van der Waals surface area contributed by atoms with Crippen LogP contribution in [0.4, 0.5) is 0 Å². The summed E-state index contributed by atoms with van der Waals surface area (Å²) in [6, 6.07) is 3.41. The Morgan fingerprint density at radius 1 is 1.41 bits per heavy atom. The average Bonchev–Trinajstić information content (AvgIpc) is 3.47. The van der Waals surface area contributed by atoms with E-state index in [1.165, 1.54) is 0 Å². The molecule has 2 aliphatic rings. The summed E-state index contributed by atoms with van der Waals surface area (Å²) in [6.07, 6.45) is 11.0. The number of hydrogen-bond acceptors (Lipinski definition) is 4. The molecule has 1 aromatic carbocycles. The summed E-state index contributed by atoms with van der Waals surface area (Å²) >= 11 is 6.73. The van der Waals surface area contributed by atoms with E-state index >= 15 is 0 Å². The largest absolute Gasteiger partial charge is 0.491 e. The number of benzene rings is 1. The van der Waals surface area contributed by atoms with Crippen molar-refractivity contribution in [3.05, 3.63) is 47.3 Å². The molecule has 1 aliphatic heterocycles. The van der Waals surface area contributed by atoms with Crippen molar-refractivity contribution in [1.82, 2.24) is 9.97 Å². The summed E-state index contributed by atoms with van der Waals surface area (Å²) in [5.74, 6) is 0.538. The lowest BCUT2D eigenvalue weighted by Crippen LogP contribution is -2.48. The van der Waals surface area contributed by atoms with Gasteiger partial charge in [-0.1, -0.05) is 17.7 Å². The number of nitrogens with two attached hydrogens (primary N) is 1. The van der Waals surface area contributed by atoms with Crippen molar-refractivity contribution in [2.24, 2.45) is 16.6 Å². The van der Waals surface area contributed by atoms with Crippen LogP contribution in [-0.2, 0) is 10.2 Å². The number of amides is 1. The number of ether oxygens (including phenoxy) is 1. The first-order chi connectivity index (χ1) is 14.0. The van der Waals surface area contributed by atoms with Gasteiger partial charge in [0, 0.05) is 28.7 Å². The van der Waals surface area contributed by atoms with Gasteiger partial charge in [0.1, 0.15) is 11.2 Å². The standard InChI is InChI=1S/C22H21ClN4O2/c1-12-22(21(24)28,6-2-7-26-12)18-19-15(14-5-8-25-10-17(14)27-19)9-16(23)20(18)29-11-13-3-4-13/h2,5-10,12-13,27H,3-4,11H2,1H3,(H2,24,28). The molecule has 3 N–H and O–H groups in total. The molecule has 7 heteroatoms. The summed E-state index contributed by atoms with van der Waals surface area (Å²) in [6.45, 7) is 2.45. The van der Waals surface area contributed by atoms with Crippen LogP contribution in [0, 0.1) is 5.92 Å². The van der Waals surface area contributed by atoms with Crippen LogP contribution >= 0.6 is 11.6 Å². The molecule has 1 saturated carbocycles. The summed E-state index contributed by atoms with van der Waals surface area (Å²) in [7, 11) is 0. The van der Waals surface area contributed by atoms with Gasteiger partial charge >= 0.3 is 0 Å². The molecule has 29 heavy (non-hydrogen) atoms. The first kappa shape index (κ1) is 18.2. The number of aliphatic imine (C=N–C) groups is 1. The summed E-state index contributed by atoms with van der Waals surface area (Å²) in [5.41, 5.74) is 7.11. The van der Waals surface area contributed by atoms with Gasteiger partial charge in [-0.25, -0.2) is 0 Å². The highest BCUT2D eigenvalue weighted by Crippen LogP contribution is 2.48. The molecule has 0 saturated heterocycles. The molecular weight excluding hydrogens is 388 g/mol. The molecule has 2 atom stereocenters. The van der Waals surface area contributed by atoms with Crippen molar-refractivity contribution in [3.8, 4) is 5.75 Å². The minimum Gasteiger partial charge on any atom is -0.491 e. The number of carbonyl (C=O) groups is 1. The molecule has 1 fully saturated rings. The zero-order valence-corrected chi connectivity index (χ0v) is 16.7. The van der Waals surface area contributed by atoms with E-state index in [0.29, 0.717) is 28.9 Å². The Morgan fingerprint density at radius 3 is 2.97 bits per heavy atom. The second-order valence-electron chi connectivity index (χ2n) is 7.85. The fourth-order valence-electron chi connectivity index (χ4n) is 4.19. The van der Waals surface area contributed by atoms with E-state index in [2.05, 4.69) is 15.0 Å². The first-order valence-electron chi connectivity index (χ1n) is 9.74. The average molecular weight is 409 g/mol. The maximum Gasteiger partial charge on any atom is 0.234 e. The summed E-state index contributed by atoms with van der Waals surface area (Å²) in [4.78, 5) is 25.0. The monoisotopic (exact) mass is 408 g/mol. The van der Waals surface area contributed by atoms with Crippen molar-refractivity contribution < 1.29 is 9.53 Å². The molecule has 5 rings (SSSR count). The zero-order chi connectivity index (χ0) is 20.2. The molecule has 2 unspecified atom stereocenters. The van der Waals surface area contributed by atoms with Crippen molar-refractivity contribution in [1.29, 1.82) is 0 Å². The van der Waals surface area contributed by atoms with Crippen LogP contribution < -0.4 is 10.5 Å². The van der Waals surface area contributed by atoms with E-state index < -0.39 is 17.4 Å². The smallest absolute Gasteiger partial charge is 0.234 e. The van der Waals surface area contributed by atoms with Gasteiger partial charge in [0.2, 0.25) is 5.91 Å². The van der Waals surface area contributed by atoms with Crippen LogP contribution in [0.5, 0.6) is 5.75 Å². The summed E-state index contributed by atoms with van der Waals surface area (Å²) in [5, 5.41) is 2.33. The number of nitrogens with one attached hydrogen (secondary N) is 1. The molecule has 0 radical (unpaired) electrons. The zero-order valence-electron chi connectivity index (χ0n) is 16.0. The Kier molecular flexibility index (Phi) is 4.13. The quantitative estimate of drug-likeness (QED) is 0.670. The van der Waals surface area contributed by atoms with Crippen LogP contribution in [0.2, 0.25) is 5.02 Å². The minimum absolute atomic E-state index is 0.403. The van der Waals surface area contributed by atoms with E-state index in [1.54, 1.807) is 24.7 Å². The number of halogens is 1. The van der Waals surface area contributed by atoms with Gasteiger partial charge < -0.3 is 15.5 Å². The van der Waals surface area contributed by atoms with Gasteiger partial charge in [-0.2, -0.15) is 0 Å². The fourth-order valence-corrected chi connectivity index (χ4v) is 4.45. The Morgan fingerprint density at radius 2 is 2.24 bits per heavy atom. The molecule has 1 amide bonds. The third-order valence-electron chi connectivity index (χ3n) is 6.00. The molecule has 3 heterocycles. The maximum atomic E-state index is 12.9. The predicted octanol–water partition coefficient (Wildman–Crippen LogP) is 3.91. The predicted molar refractivity (Wildman–Crippen MR) is 115 cm³/mol. The topological polar surface area (TPSA) is 93.4 Å². The van der Waals surface area contributed by atoms with Crippen molar-refractivity contribution in [3.63, 3.8) is 0 Å². The highest BCUT2D eigenvalue weighted by atomic mass is 35.5. The van der Waals surface area contributed by atoms with Crippen molar-refractivity contribution in [2.75, 3.05) is 6.61 Å². The number of aromatic nitrogens is 2. The lowest BCUT2D eigenvalue weighted by Gasteiger charge is -2.35. The molecule has 3 aromatic rings. The van der Waals surface area contributed by atoms with E-state index in [0.717, 1.165) is 34.6 Å². The lowest BCUT2D eigenvalue weighted by atomic mass is 9.71. The fraction of sp³-hybridized carbons (Fsp3) is 0.318. The summed E-state index contributed by atoms with van der Waals surface area (Å²) < 4.78 is 6.21. The van der Waals surface area contributed by atoms with E-state index in [9.17, 15) is 4.79 Å². The SMILES string of the molecule is CC1N=CC=CC1(C(N)=O)c1c(OCC2CC2)c(Cl)cc2c1[nH]c1cnccc12. The number of nitrogens with zero attached hydrogens (tertiary/aromatic N) is 2. The number of aromatic amines is 1. The van der Waals surface area contributed by atoms with Gasteiger partial charge in [-0.3, -0.25) is 14.8 Å². The highest BCUT2D eigenvalue weighted by molar-refractivity contribution is 6.34. The number of carbonyl (C=O) groups excluding carboxylic acids is 1. The number of H-pyrrole nitrogens is 1. The van der Waals surface area contributed by atoms with Gasteiger partial charge in [-0.15, -0.1) is 0 Å². The molecule has 0 bridgehead atoms. The lowest BCUT2D eigenvalue weighted by molar-refractivity contribution is -0.122. The van der Waals surface area contributed by atoms with E-state index in [-0.39, 0.29) is 0 Å². The molecule has 6 nitrogen and oxygen atoms in total. The highest BCUT2D eigenvalue weighted by Gasteiger charge is 2.47. The van der Waals surface area contributed by atoms with Crippen LogP contribution in [0.3, 0.4) is 0 Å². The Balaban J connectivity index is 1.86. The van der Waals surface area contributed by atoms with Gasteiger partial charge in [0.15, 0.2) is 0 Å². The van der Waals surface area contributed by atoms with Crippen molar-refractivity contribution >= 4 is 45.5 Å². The van der Waals surface area contributed by atoms with E-state index in [4.69, 9.17) is 22.1 Å². The second kappa shape index (κ2) is 6.59. The Bertz CT molecular complexity index is 1190. The van der Waals surface area contributed by atoms with Gasteiger partial charge in [-0.05, 0) is 43.9 Å². The number of primary amides is 1. The second-order valence-corrected chi connectivity index (χ2v) is 8.26. The Hall–Kier alpha value is -2.86. The van der Waals surface area contributed by atoms with Crippen LogP contribution in [0.15, 0.2) is 41.7 Å². The normalized spacial score (nSPS) is 23.7. The third kappa shape index (κ3) is 2.74. The molecular formula is C22H21ClN4O2. The van der Waals surface area contributed by atoms with Crippen molar-refractivity contribution in [2.45, 2.75) is 31.2 Å². The number of fused-ring (bicyclic) bond motifs is 3.